The van der Waals surface area contributed by atoms with E-state index in [4.69, 9.17) is 10.9 Å². The van der Waals surface area contributed by atoms with Crippen molar-refractivity contribution in [2.75, 3.05) is 18.5 Å². The van der Waals surface area contributed by atoms with E-state index < -0.39 is 0 Å². The molecule has 1 aliphatic heterocycles. The van der Waals surface area contributed by atoms with Gasteiger partial charge < -0.3 is 15.8 Å². The van der Waals surface area contributed by atoms with Crippen molar-refractivity contribution < 1.29 is 5.21 Å². The second kappa shape index (κ2) is 3.21. The molecule has 6 nitrogen and oxygen atoms in total. The zero-order valence-corrected chi connectivity index (χ0v) is 8.01. The summed E-state index contributed by atoms with van der Waals surface area (Å²) in [6, 6.07) is 0. The molecule has 0 aliphatic carbocycles. The Kier molecular flexibility index (Phi) is 2.03. The lowest BCUT2D eigenvalue weighted by atomic mass is 10.2. The Morgan fingerprint density at radius 2 is 2.43 bits per heavy atom. The van der Waals surface area contributed by atoms with E-state index in [9.17, 15) is 0 Å². The highest BCUT2D eigenvalue weighted by atomic mass is 16.4. The Morgan fingerprint density at radius 1 is 1.64 bits per heavy atom. The number of anilines is 1. The minimum atomic E-state index is 0.111. The van der Waals surface area contributed by atoms with Gasteiger partial charge in [0.05, 0.1) is 11.8 Å². The van der Waals surface area contributed by atoms with E-state index in [0.717, 1.165) is 25.3 Å². The van der Waals surface area contributed by atoms with Crippen molar-refractivity contribution in [3.8, 4) is 0 Å². The summed E-state index contributed by atoms with van der Waals surface area (Å²) < 4.78 is 1.87. The highest BCUT2D eigenvalue weighted by Gasteiger charge is 2.20. The first-order chi connectivity index (χ1) is 6.74. The first-order valence-electron chi connectivity index (χ1n) is 4.49. The van der Waals surface area contributed by atoms with Gasteiger partial charge >= 0.3 is 0 Å². The van der Waals surface area contributed by atoms with Gasteiger partial charge in [0.1, 0.15) is 5.82 Å². The third-order valence-electron chi connectivity index (χ3n) is 2.42. The highest BCUT2D eigenvalue weighted by Crippen LogP contribution is 2.23. The topological polar surface area (TPSA) is 79.7 Å². The minimum Gasteiger partial charge on any atom is -0.409 e. The zero-order chi connectivity index (χ0) is 10.1. The molecule has 0 spiro atoms. The summed E-state index contributed by atoms with van der Waals surface area (Å²) in [5, 5.41) is 15.8. The fourth-order valence-corrected chi connectivity index (χ4v) is 1.74. The smallest absolute Gasteiger partial charge is 0.175 e. The summed E-state index contributed by atoms with van der Waals surface area (Å²) in [6.07, 6.45) is 2.70. The van der Waals surface area contributed by atoms with E-state index in [0.29, 0.717) is 5.56 Å². The van der Waals surface area contributed by atoms with Crippen LogP contribution >= 0.6 is 0 Å². The molecule has 2 heterocycles. The number of nitrogens with zero attached hydrogens (tertiary/aromatic N) is 4. The van der Waals surface area contributed by atoms with Crippen molar-refractivity contribution >= 4 is 11.7 Å². The Hall–Kier alpha value is -1.72. The molecule has 0 saturated heterocycles. The molecule has 0 unspecified atom stereocenters. The SMILES string of the molecule is CN1CCCn2ncc(/C(N)=N\O)c21. The number of hydrogen-bond acceptors (Lipinski definition) is 4. The lowest BCUT2D eigenvalue weighted by Gasteiger charge is -2.26. The summed E-state index contributed by atoms with van der Waals surface area (Å²) in [5.41, 5.74) is 6.23. The summed E-state index contributed by atoms with van der Waals surface area (Å²) in [4.78, 5) is 2.06. The Bertz CT molecular complexity index is 370. The predicted octanol–water partition coefficient (Wildman–Crippen LogP) is -0.182. The molecule has 1 aromatic rings. The Balaban J connectivity index is 2.48. The average Bonchev–Trinajstić information content (AvgIpc) is 2.62. The highest BCUT2D eigenvalue weighted by molar-refractivity contribution is 6.01. The summed E-state index contributed by atoms with van der Waals surface area (Å²) in [7, 11) is 1.97. The fraction of sp³-hybridized carbons (Fsp3) is 0.500. The van der Waals surface area contributed by atoms with Gasteiger partial charge in [-0.25, -0.2) is 4.68 Å². The standard InChI is InChI=1S/C8H13N5O/c1-12-3-2-4-13-8(12)6(5-10-13)7(9)11-14/h5,14H,2-4H2,1H3,(H2,9,11). The molecule has 0 bridgehead atoms. The number of rotatable bonds is 1. The summed E-state index contributed by atoms with van der Waals surface area (Å²) >= 11 is 0. The van der Waals surface area contributed by atoms with E-state index >= 15 is 0 Å². The van der Waals surface area contributed by atoms with E-state index in [2.05, 4.69) is 15.2 Å². The first kappa shape index (κ1) is 8.86. The van der Waals surface area contributed by atoms with E-state index in [1.807, 2.05) is 11.7 Å². The van der Waals surface area contributed by atoms with Crippen molar-refractivity contribution in [1.29, 1.82) is 0 Å². The van der Waals surface area contributed by atoms with E-state index in [1.54, 1.807) is 6.20 Å². The van der Waals surface area contributed by atoms with Crippen LogP contribution in [0.15, 0.2) is 11.4 Å². The molecule has 0 saturated carbocycles. The van der Waals surface area contributed by atoms with Crippen LogP contribution in [0.4, 0.5) is 5.82 Å². The van der Waals surface area contributed by atoms with Gasteiger partial charge in [0.15, 0.2) is 5.84 Å². The van der Waals surface area contributed by atoms with Crippen molar-refractivity contribution in [2.45, 2.75) is 13.0 Å². The van der Waals surface area contributed by atoms with Crippen molar-refractivity contribution in [3.05, 3.63) is 11.8 Å². The number of fused-ring (bicyclic) bond motifs is 1. The number of nitrogens with two attached hydrogens (primary N) is 1. The molecule has 76 valence electrons. The molecule has 2 rings (SSSR count). The molecule has 1 aromatic heterocycles. The van der Waals surface area contributed by atoms with Crippen LogP contribution in [0.2, 0.25) is 0 Å². The van der Waals surface area contributed by atoms with Crippen molar-refractivity contribution in [2.24, 2.45) is 10.9 Å². The van der Waals surface area contributed by atoms with Crippen molar-refractivity contribution in [3.63, 3.8) is 0 Å². The van der Waals surface area contributed by atoms with E-state index in [1.165, 1.54) is 0 Å². The molecule has 3 N–H and O–H groups in total. The van der Waals surface area contributed by atoms with Gasteiger partial charge in [0.2, 0.25) is 0 Å². The molecule has 6 heteroatoms. The Morgan fingerprint density at radius 3 is 3.14 bits per heavy atom. The summed E-state index contributed by atoms with van der Waals surface area (Å²) in [5.74, 6) is 1.03. The van der Waals surface area contributed by atoms with Gasteiger partial charge in [-0.3, -0.25) is 0 Å². The zero-order valence-electron chi connectivity index (χ0n) is 8.01. The quantitative estimate of drug-likeness (QED) is 0.282. The molecule has 0 amide bonds. The van der Waals surface area contributed by atoms with Crippen LogP contribution in [0.25, 0.3) is 0 Å². The molecule has 0 fully saturated rings. The second-order valence-electron chi connectivity index (χ2n) is 3.37. The number of aryl methyl sites for hydroxylation is 1. The normalized spacial score (nSPS) is 16.9. The second-order valence-corrected chi connectivity index (χ2v) is 3.37. The molecule has 14 heavy (non-hydrogen) atoms. The maximum absolute atomic E-state index is 8.60. The number of amidine groups is 1. The number of oxime groups is 1. The number of hydrogen-bond donors (Lipinski definition) is 2. The van der Waals surface area contributed by atoms with Gasteiger partial charge in [-0.2, -0.15) is 5.10 Å². The fourth-order valence-electron chi connectivity index (χ4n) is 1.74. The van der Waals surface area contributed by atoms with Crippen LogP contribution in [0.1, 0.15) is 12.0 Å². The van der Waals surface area contributed by atoms with Crippen LogP contribution in [-0.2, 0) is 6.54 Å². The molecular weight excluding hydrogens is 182 g/mol. The molecule has 0 aromatic carbocycles. The minimum absolute atomic E-state index is 0.111. The van der Waals surface area contributed by atoms with Crippen molar-refractivity contribution in [1.82, 2.24) is 9.78 Å². The third kappa shape index (κ3) is 1.19. The first-order valence-corrected chi connectivity index (χ1v) is 4.49. The van der Waals surface area contributed by atoms with Gasteiger partial charge in [-0.05, 0) is 6.42 Å². The maximum atomic E-state index is 8.60. The lowest BCUT2D eigenvalue weighted by Crippen LogP contribution is -2.30. The maximum Gasteiger partial charge on any atom is 0.175 e. The van der Waals surface area contributed by atoms with E-state index in [-0.39, 0.29) is 5.84 Å². The molecule has 0 atom stereocenters. The van der Waals surface area contributed by atoms with Crippen LogP contribution in [0, 0.1) is 0 Å². The van der Waals surface area contributed by atoms with Gasteiger partial charge in [0.25, 0.3) is 0 Å². The molecule has 0 radical (unpaired) electrons. The molecular formula is C8H13N5O. The Labute approximate surface area is 81.6 Å². The lowest BCUT2D eigenvalue weighted by molar-refractivity contribution is 0.318. The van der Waals surface area contributed by atoms with Gasteiger partial charge in [-0.15, -0.1) is 0 Å². The van der Waals surface area contributed by atoms with Crippen LogP contribution in [0.3, 0.4) is 0 Å². The predicted molar refractivity (Wildman–Crippen MR) is 52.6 cm³/mol. The average molecular weight is 195 g/mol. The third-order valence-corrected chi connectivity index (χ3v) is 2.42. The summed E-state index contributed by atoms with van der Waals surface area (Å²) in [6.45, 7) is 1.86. The van der Waals surface area contributed by atoms with Gasteiger partial charge in [-0.1, -0.05) is 5.16 Å². The number of aromatic nitrogens is 2. The van der Waals surface area contributed by atoms with Crippen LogP contribution in [-0.4, -0.2) is 34.4 Å². The molecule has 1 aliphatic rings. The van der Waals surface area contributed by atoms with Gasteiger partial charge in [0, 0.05) is 20.1 Å². The largest absolute Gasteiger partial charge is 0.409 e. The van der Waals surface area contributed by atoms with Crippen LogP contribution in [0.5, 0.6) is 0 Å². The monoisotopic (exact) mass is 195 g/mol. The van der Waals surface area contributed by atoms with Crippen LogP contribution < -0.4 is 10.6 Å².